The van der Waals surface area contributed by atoms with E-state index < -0.39 is 29.3 Å². The van der Waals surface area contributed by atoms with Crippen molar-refractivity contribution in [2.24, 2.45) is 0 Å². The van der Waals surface area contributed by atoms with Crippen molar-refractivity contribution in [1.82, 2.24) is 9.80 Å². The van der Waals surface area contributed by atoms with Gasteiger partial charge in [-0.2, -0.15) is 0 Å². The number of amides is 1. The predicted octanol–water partition coefficient (Wildman–Crippen LogP) is 3.48. The summed E-state index contributed by atoms with van der Waals surface area (Å²) >= 11 is 0. The van der Waals surface area contributed by atoms with Crippen LogP contribution in [0.25, 0.3) is 11.0 Å². The molecule has 1 N–H and O–H groups in total. The molecule has 170 valence electrons. The number of ether oxygens (including phenoxy) is 1. The quantitative estimate of drug-likeness (QED) is 0.579. The van der Waals surface area contributed by atoms with Gasteiger partial charge in [0.1, 0.15) is 11.4 Å². The van der Waals surface area contributed by atoms with Crippen molar-refractivity contribution in [3.63, 3.8) is 0 Å². The lowest BCUT2D eigenvalue weighted by Gasteiger charge is -2.31. The van der Waals surface area contributed by atoms with E-state index in [1.807, 2.05) is 12.1 Å². The molecule has 0 bridgehead atoms. The monoisotopic (exact) mass is 450 g/mol. The van der Waals surface area contributed by atoms with Crippen molar-refractivity contribution in [3.05, 3.63) is 83.1 Å². The number of para-hydroxylation sites is 1. The second-order valence-corrected chi connectivity index (χ2v) is 8.15. The summed E-state index contributed by atoms with van der Waals surface area (Å²) in [5, 5.41) is 11.5. The Hall–Kier alpha value is -3.49. The van der Waals surface area contributed by atoms with Crippen LogP contribution in [0.5, 0.6) is 0 Å². The summed E-state index contributed by atoms with van der Waals surface area (Å²) in [6.07, 6.45) is 0. The number of ketones is 1. The number of benzene rings is 2. The molecule has 0 saturated carbocycles. The summed E-state index contributed by atoms with van der Waals surface area (Å²) < 4.78 is 25.2. The fourth-order valence-corrected chi connectivity index (χ4v) is 4.44. The first-order valence-electron chi connectivity index (χ1n) is 10.9. The van der Waals surface area contributed by atoms with Crippen molar-refractivity contribution in [2.75, 3.05) is 39.4 Å². The van der Waals surface area contributed by atoms with E-state index >= 15 is 0 Å². The van der Waals surface area contributed by atoms with Gasteiger partial charge in [0.05, 0.1) is 24.8 Å². The molecule has 0 unspecified atom stereocenters. The molecule has 0 spiro atoms. The van der Waals surface area contributed by atoms with Gasteiger partial charge in [0.25, 0.3) is 5.91 Å². The molecular weight excluding hydrogens is 427 g/mol. The Morgan fingerprint density at radius 1 is 1.06 bits per heavy atom. The number of nitrogens with zero attached hydrogens (tertiary/aromatic N) is 2. The standard InChI is InChI=1S/C25H23FN2O5/c26-18-6-3-5-17(14-18)22-21(23(29)20-15-16-4-1-2-7-19(16)33-20)24(30)25(31)28(22)9-8-27-10-12-32-13-11-27/h1-7,14-15,22,30H,8-13H2/t22-/m0/s1. The third-order valence-electron chi connectivity index (χ3n) is 6.12. The highest BCUT2D eigenvalue weighted by Crippen LogP contribution is 2.39. The normalized spacial score (nSPS) is 19.6. The zero-order chi connectivity index (χ0) is 22.9. The van der Waals surface area contributed by atoms with Gasteiger partial charge in [-0.3, -0.25) is 14.5 Å². The molecule has 3 aromatic rings. The highest BCUT2D eigenvalue weighted by molar-refractivity contribution is 6.16. The maximum absolute atomic E-state index is 14.1. The Labute approximate surface area is 189 Å². The van der Waals surface area contributed by atoms with E-state index in [1.165, 1.54) is 23.1 Å². The van der Waals surface area contributed by atoms with Crippen LogP contribution in [-0.4, -0.2) is 66.0 Å². The van der Waals surface area contributed by atoms with Crippen LogP contribution in [0.15, 0.2) is 70.3 Å². The lowest BCUT2D eigenvalue weighted by molar-refractivity contribution is -0.129. The third-order valence-corrected chi connectivity index (χ3v) is 6.12. The first-order valence-corrected chi connectivity index (χ1v) is 10.9. The minimum Gasteiger partial charge on any atom is -0.503 e. The molecule has 3 heterocycles. The molecule has 2 aliphatic rings. The fourth-order valence-electron chi connectivity index (χ4n) is 4.44. The second kappa shape index (κ2) is 8.80. The third kappa shape index (κ3) is 4.03. The minimum absolute atomic E-state index is 0.0157. The lowest BCUT2D eigenvalue weighted by Crippen LogP contribution is -2.43. The van der Waals surface area contributed by atoms with E-state index in [9.17, 15) is 19.1 Å². The van der Waals surface area contributed by atoms with Crippen LogP contribution in [0.2, 0.25) is 0 Å². The molecule has 2 aliphatic heterocycles. The maximum atomic E-state index is 14.1. The number of fused-ring (bicyclic) bond motifs is 1. The Morgan fingerprint density at radius 3 is 2.61 bits per heavy atom. The van der Waals surface area contributed by atoms with Gasteiger partial charge in [-0.15, -0.1) is 0 Å². The number of carbonyl (C=O) groups is 2. The summed E-state index contributed by atoms with van der Waals surface area (Å²) in [5.74, 6) is -2.36. The summed E-state index contributed by atoms with van der Waals surface area (Å²) in [6, 6.07) is 13.6. The number of carbonyl (C=O) groups excluding carboxylic acids is 2. The average molecular weight is 450 g/mol. The largest absolute Gasteiger partial charge is 0.503 e. The average Bonchev–Trinajstić information content (AvgIpc) is 3.37. The molecule has 1 atom stereocenters. The van der Waals surface area contributed by atoms with Gasteiger partial charge in [-0.05, 0) is 29.8 Å². The van der Waals surface area contributed by atoms with Crippen LogP contribution in [0.1, 0.15) is 22.2 Å². The molecule has 0 aliphatic carbocycles. The first kappa shape index (κ1) is 21.4. The number of aliphatic hydroxyl groups is 1. The van der Waals surface area contributed by atoms with E-state index in [0.29, 0.717) is 30.9 Å². The molecular formula is C25H23FN2O5. The number of halogens is 1. The van der Waals surface area contributed by atoms with Crippen molar-refractivity contribution in [2.45, 2.75) is 6.04 Å². The van der Waals surface area contributed by atoms with Gasteiger partial charge in [-0.25, -0.2) is 4.39 Å². The smallest absolute Gasteiger partial charge is 0.290 e. The van der Waals surface area contributed by atoms with E-state index in [-0.39, 0.29) is 17.9 Å². The molecule has 0 radical (unpaired) electrons. The first-order chi connectivity index (χ1) is 16.0. The number of furan rings is 1. The van der Waals surface area contributed by atoms with Gasteiger partial charge >= 0.3 is 0 Å². The molecule has 33 heavy (non-hydrogen) atoms. The molecule has 5 rings (SSSR count). The molecule has 1 saturated heterocycles. The molecule has 7 nitrogen and oxygen atoms in total. The van der Waals surface area contributed by atoms with Crippen molar-refractivity contribution in [3.8, 4) is 0 Å². The summed E-state index contributed by atoms with van der Waals surface area (Å²) in [5.41, 5.74) is 0.831. The number of aliphatic hydroxyl groups excluding tert-OH is 1. The van der Waals surface area contributed by atoms with Crippen LogP contribution in [0.3, 0.4) is 0 Å². The molecule has 8 heteroatoms. The van der Waals surface area contributed by atoms with Gasteiger partial charge in [0, 0.05) is 31.6 Å². The number of hydrogen-bond acceptors (Lipinski definition) is 6. The zero-order valence-electron chi connectivity index (χ0n) is 17.9. The van der Waals surface area contributed by atoms with Crippen LogP contribution >= 0.6 is 0 Å². The summed E-state index contributed by atoms with van der Waals surface area (Å²) in [4.78, 5) is 30.1. The zero-order valence-corrected chi connectivity index (χ0v) is 17.9. The topological polar surface area (TPSA) is 83.2 Å². The fraction of sp³-hybridized carbons (Fsp3) is 0.280. The van der Waals surface area contributed by atoms with Crippen LogP contribution in [0.4, 0.5) is 4.39 Å². The van der Waals surface area contributed by atoms with Gasteiger partial charge in [-0.1, -0.05) is 30.3 Å². The van der Waals surface area contributed by atoms with Crippen molar-refractivity contribution >= 4 is 22.7 Å². The molecule has 2 aromatic carbocycles. The molecule has 1 aromatic heterocycles. The number of rotatable bonds is 6. The SMILES string of the molecule is O=C(C1=C(O)C(=O)N(CCN2CCOCC2)[C@H]1c1cccc(F)c1)c1cc2ccccc2o1. The van der Waals surface area contributed by atoms with Crippen molar-refractivity contribution in [1.29, 1.82) is 0 Å². The summed E-state index contributed by atoms with van der Waals surface area (Å²) in [6.45, 7) is 3.50. The Balaban J connectivity index is 1.51. The molecule has 1 fully saturated rings. The molecule has 1 amide bonds. The number of morpholine rings is 1. The Morgan fingerprint density at radius 2 is 1.85 bits per heavy atom. The van der Waals surface area contributed by atoms with E-state index in [1.54, 1.807) is 24.3 Å². The lowest BCUT2D eigenvalue weighted by atomic mass is 9.95. The minimum atomic E-state index is -0.921. The van der Waals surface area contributed by atoms with Crippen LogP contribution in [0, 0.1) is 5.82 Å². The van der Waals surface area contributed by atoms with Crippen molar-refractivity contribution < 1.29 is 28.2 Å². The van der Waals surface area contributed by atoms with E-state index in [0.717, 1.165) is 18.5 Å². The van der Waals surface area contributed by atoms with E-state index in [4.69, 9.17) is 9.15 Å². The maximum Gasteiger partial charge on any atom is 0.290 e. The van der Waals surface area contributed by atoms with Crippen LogP contribution < -0.4 is 0 Å². The predicted molar refractivity (Wildman–Crippen MR) is 118 cm³/mol. The highest BCUT2D eigenvalue weighted by Gasteiger charge is 2.44. The second-order valence-electron chi connectivity index (χ2n) is 8.15. The Kier molecular flexibility index (Phi) is 5.70. The number of hydrogen-bond donors (Lipinski definition) is 1. The van der Waals surface area contributed by atoms with Gasteiger partial charge in [0.2, 0.25) is 5.78 Å². The highest BCUT2D eigenvalue weighted by atomic mass is 19.1. The Bertz CT molecular complexity index is 1210. The van der Waals surface area contributed by atoms with E-state index in [2.05, 4.69) is 4.90 Å². The number of Topliss-reactive ketones (excluding diaryl/α,β-unsaturated/α-hetero) is 1. The van der Waals surface area contributed by atoms with Gasteiger partial charge in [0.15, 0.2) is 11.5 Å². The summed E-state index contributed by atoms with van der Waals surface area (Å²) in [7, 11) is 0. The van der Waals surface area contributed by atoms with Crippen LogP contribution in [-0.2, 0) is 9.53 Å². The van der Waals surface area contributed by atoms with Gasteiger partial charge < -0.3 is 19.2 Å².